The number of carboxylic acid groups (broad SMARTS) is 4. The van der Waals surface area contributed by atoms with E-state index < -0.39 is 44.2 Å². The van der Waals surface area contributed by atoms with Crippen LogP contribution in [0.25, 0.3) is 0 Å². The number of hydrogen-bond acceptors (Lipinski definition) is 10. The van der Waals surface area contributed by atoms with Crippen molar-refractivity contribution in [3.8, 4) is 0 Å². The maximum absolute atomic E-state index is 11.7. The van der Waals surface area contributed by atoms with Crippen LogP contribution in [0.5, 0.6) is 0 Å². The fraction of sp³-hybridized carbons (Fsp3) is 0.765. The minimum absolute atomic E-state index is 0.0495. The van der Waals surface area contributed by atoms with Crippen LogP contribution in [0.15, 0.2) is 0 Å². The van der Waals surface area contributed by atoms with Gasteiger partial charge in [-0.15, -0.1) is 0 Å². The Morgan fingerprint density at radius 2 is 0.938 bits per heavy atom. The molecule has 0 amide bonds. The highest BCUT2D eigenvalue weighted by molar-refractivity contribution is 7.25. The molecule has 32 heavy (non-hydrogen) atoms. The van der Waals surface area contributed by atoms with Gasteiger partial charge in [-0.25, -0.2) is 0 Å². The third-order valence-corrected chi connectivity index (χ3v) is 5.69. The Balaban J connectivity index is 3.15. The molecule has 1 saturated heterocycles. The van der Waals surface area contributed by atoms with E-state index in [1.165, 1.54) is 14.7 Å². The summed E-state index contributed by atoms with van der Waals surface area (Å²) >= 11 is 0. The van der Waals surface area contributed by atoms with Gasteiger partial charge in [-0.2, -0.15) is 0 Å². The molecule has 14 nitrogen and oxygen atoms in total. The molecule has 15 heteroatoms. The number of carbonyl (C=O) groups is 4. The van der Waals surface area contributed by atoms with Crippen molar-refractivity contribution in [2.75, 3.05) is 72.0 Å². The molecule has 1 fully saturated rings. The largest absolute Gasteiger partial charge is 0.481 e. The van der Waals surface area contributed by atoms with Crippen molar-refractivity contribution in [1.29, 1.82) is 0 Å². The molecule has 1 heterocycles. The topological polar surface area (TPSA) is 199 Å². The Bertz CT molecular complexity index is 664. The summed E-state index contributed by atoms with van der Waals surface area (Å²) in [4.78, 5) is 50.6. The van der Waals surface area contributed by atoms with Crippen LogP contribution in [0.1, 0.15) is 6.42 Å². The molecule has 0 aromatic rings. The van der Waals surface area contributed by atoms with Gasteiger partial charge in [-0.1, -0.05) is 0 Å². The molecule has 0 aromatic carbocycles. The van der Waals surface area contributed by atoms with Gasteiger partial charge in [0.25, 0.3) is 0 Å². The van der Waals surface area contributed by atoms with Crippen molar-refractivity contribution in [3.63, 3.8) is 0 Å². The van der Waals surface area contributed by atoms with Crippen molar-refractivity contribution in [2.24, 2.45) is 0 Å². The van der Waals surface area contributed by atoms with Crippen LogP contribution in [-0.2, 0) is 23.7 Å². The van der Waals surface area contributed by atoms with Gasteiger partial charge in [0.1, 0.15) is 0 Å². The van der Waals surface area contributed by atoms with Crippen LogP contribution < -0.4 is 0 Å². The summed E-state index contributed by atoms with van der Waals surface area (Å²) in [5, 5.41) is 47.3. The lowest BCUT2D eigenvalue weighted by Gasteiger charge is -2.37. The first-order valence-electron chi connectivity index (χ1n) is 9.81. The molecular weight excluding hydrogens is 451 g/mol. The van der Waals surface area contributed by atoms with Gasteiger partial charge in [0.15, 0.2) is 0 Å². The molecule has 1 aliphatic heterocycles. The Hall–Kier alpha value is -2.22. The van der Waals surface area contributed by atoms with Crippen molar-refractivity contribution in [1.82, 2.24) is 19.6 Å². The van der Waals surface area contributed by atoms with Gasteiger partial charge in [-0.3, -0.25) is 43.3 Å². The molecule has 0 aromatic heterocycles. The number of rotatable bonds is 10. The van der Waals surface area contributed by atoms with Crippen LogP contribution in [0.4, 0.5) is 0 Å². The first-order chi connectivity index (χ1) is 14.9. The lowest BCUT2D eigenvalue weighted by Crippen LogP contribution is -2.54. The zero-order chi connectivity index (χ0) is 24.3. The molecular formula is C17H29N4O10P. The molecule has 1 unspecified atom stereocenters. The van der Waals surface area contributed by atoms with E-state index in [4.69, 9.17) is 10.2 Å². The highest BCUT2D eigenvalue weighted by Gasteiger charge is 2.38. The van der Waals surface area contributed by atoms with E-state index in [-0.39, 0.29) is 72.0 Å². The minimum atomic E-state index is -2.25. The quantitative estimate of drug-likeness (QED) is 0.212. The second-order valence-corrected chi connectivity index (χ2v) is 8.33. The summed E-state index contributed by atoms with van der Waals surface area (Å²) < 4.78 is 11.7. The molecule has 0 saturated carbocycles. The fourth-order valence-electron chi connectivity index (χ4n) is 3.35. The van der Waals surface area contributed by atoms with E-state index in [9.17, 15) is 39.1 Å². The van der Waals surface area contributed by atoms with Crippen LogP contribution in [0.2, 0.25) is 0 Å². The van der Waals surface area contributed by atoms with E-state index in [0.717, 1.165) is 0 Å². The summed E-state index contributed by atoms with van der Waals surface area (Å²) in [6.45, 7) is -0.303. The van der Waals surface area contributed by atoms with Crippen LogP contribution in [0, 0.1) is 0 Å². The Kier molecular flexibility index (Phi) is 11.6. The smallest absolute Gasteiger partial charge is 0.317 e. The van der Waals surface area contributed by atoms with Crippen molar-refractivity contribution in [2.45, 2.75) is 11.9 Å². The molecule has 0 aliphatic carbocycles. The van der Waals surface area contributed by atoms with Crippen molar-refractivity contribution < 1.29 is 49.3 Å². The van der Waals surface area contributed by atoms with Gasteiger partial charge >= 0.3 is 23.9 Å². The van der Waals surface area contributed by atoms with Gasteiger partial charge < -0.3 is 25.5 Å². The third-order valence-electron chi connectivity index (χ3n) is 4.95. The van der Waals surface area contributed by atoms with Crippen LogP contribution in [0.3, 0.4) is 0 Å². The lowest BCUT2D eigenvalue weighted by atomic mass is 10.2. The summed E-state index contributed by atoms with van der Waals surface area (Å²) in [6.07, 6.45) is -0.859. The predicted octanol–water partition coefficient (Wildman–Crippen LogP) is -2.13. The average molecular weight is 480 g/mol. The van der Waals surface area contributed by atoms with Crippen molar-refractivity contribution in [3.05, 3.63) is 0 Å². The van der Waals surface area contributed by atoms with E-state index in [0.29, 0.717) is 0 Å². The van der Waals surface area contributed by atoms with Crippen LogP contribution >= 0.6 is 8.46 Å². The second-order valence-electron chi connectivity index (χ2n) is 7.43. The van der Waals surface area contributed by atoms with Gasteiger partial charge in [0.05, 0.1) is 26.1 Å². The lowest BCUT2D eigenvalue weighted by molar-refractivity contribution is -0.146. The first-order valence-corrected chi connectivity index (χ1v) is 10.6. The Labute approximate surface area is 185 Å². The van der Waals surface area contributed by atoms with E-state index in [1.54, 1.807) is 4.90 Å². The molecule has 1 rings (SSSR count). The summed E-state index contributed by atoms with van der Waals surface area (Å²) in [5.74, 6) is -4.71. The van der Waals surface area contributed by atoms with Gasteiger partial charge in [0.2, 0.25) is 13.9 Å². The van der Waals surface area contributed by atoms with E-state index >= 15 is 0 Å². The number of nitrogens with zero attached hydrogens (tertiary/aromatic N) is 4. The monoisotopic (exact) mass is 480 g/mol. The van der Waals surface area contributed by atoms with Crippen LogP contribution in [-0.4, -0.2) is 146 Å². The molecule has 1 atom stereocenters. The summed E-state index contributed by atoms with van der Waals surface area (Å²) in [5.41, 5.74) is -2.25. The summed E-state index contributed by atoms with van der Waals surface area (Å²) in [6, 6.07) is 0. The zero-order valence-electron chi connectivity index (χ0n) is 17.5. The fourth-order valence-corrected chi connectivity index (χ4v) is 3.86. The average Bonchev–Trinajstić information content (AvgIpc) is 2.66. The first kappa shape index (κ1) is 27.8. The molecule has 182 valence electrons. The standard InChI is InChI=1S/C17H29N4O10P/c22-13(23)9-17(30,32-31)21-7-5-19(11-15(26)27)3-1-18(10-14(24)25)2-4-20(6-8-21)12-16(28)29/h30H,1-12H2,(H,22,23)(H,24,25)(H,26,27)(H,28,29). The van der Waals surface area contributed by atoms with E-state index in [2.05, 4.69) is 0 Å². The molecule has 0 bridgehead atoms. The highest BCUT2D eigenvalue weighted by atomic mass is 31.1. The Morgan fingerprint density at radius 1 is 0.625 bits per heavy atom. The van der Waals surface area contributed by atoms with Gasteiger partial charge in [0, 0.05) is 52.4 Å². The third kappa shape index (κ3) is 10.4. The van der Waals surface area contributed by atoms with Crippen molar-refractivity contribution >= 4 is 32.3 Å². The zero-order valence-corrected chi connectivity index (χ0v) is 18.4. The number of aliphatic hydroxyl groups is 1. The number of hydrogen-bond donors (Lipinski definition) is 5. The normalized spacial score (nSPS) is 20.7. The maximum atomic E-state index is 11.7. The maximum Gasteiger partial charge on any atom is 0.317 e. The predicted molar refractivity (Wildman–Crippen MR) is 109 cm³/mol. The Morgan fingerprint density at radius 3 is 1.19 bits per heavy atom. The SMILES string of the molecule is O=PC(O)(CC(=O)O)N1CCN(CC(=O)O)CCN(CC(=O)O)CCN(CC(=O)O)CC1. The number of aliphatic carboxylic acids is 4. The molecule has 0 radical (unpaired) electrons. The van der Waals surface area contributed by atoms with Gasteiger partial charge in [-0.05, 0) is 0 Å². The molecule has 0 spiro atoms. The number of carboxylic acids is 4. The molecule has 1 aliphatic rings. The summed E-state index contributed by atoms with van der Waals surface area (Å²) in [7, 11) is -0.860. The minimum Gasteiger partial charge on any atom is -0.481 e. The second kappa shape index (κ2) is 13.4. The van der Waals surface area contributed by atoms with E-state index in [1.807, 2.05) is 0 Å². The highest BCUT2D eigenvalue weighted by Crippen LogP contribution is 2.28. The molecule has 5 N–H and O–H groups in total.